The van der Waals surface area contributed by atoms with E-state index < -0.39 is 36.6 Å². The van der Waals surface area contributed by atoms with Gasteiger partial charge in [0.05, 0.1) is 0 Å². The summed E-state index contributed by atoms with van der Waals surface area (Å²) in [6.45, 7) is 0.637. The maximum atomic E-state index is 12.8. The van der Waals surface area contributed by atoms with E-state index in [-0.39, 0.29) is 0 Å². The second-order valence-corrected chi connectivity index (χ2v) is 5.83. The molecule has 0 unspecified atom stereocenters. The molecular formula is C18H15N3O4. The standard InChI is InChI=1S/C18H15N3O4/c1-18(14-7-6-12-4-2-3-5-13(12)10-14)16(23)21(17(24)20-18)11-15(22)25-9-8-19/h2-7,10H,9,11H2,1H3,(H,20,24)/t18-/m0/s1. The fraction of sp³-hybridized carbons (Fsp3) is 0.222. The normalized spacial score (nSPS) is 19.6. The molecule has 0 spiro atoms. The number of carbonyl (C=O) groups is 3. The van der Waals surface area contributed by atoms with Crippen molar-refractivity contribution in [1.82, 2.24) is 10.2 Å². The number of amides is 3. The van der Waals surface area contributed by atoms with Crippen LogP contribution in [0.4, 0.5) is 4.79 Å². The highest BCUT2D eigenvalue weighted by molar-refractivity contribution is 6.09. The molecule has 2 aromatic rings. The molecule has 0 saturated carbocycles. The van der Waals surface area contributed by atoms with Gasteiger partial charge in [0, 0.05) is 0 Å². The number of nitrogens with one attached hydrogen (secondary N) is 1. The van der Waals surface area contributed by atoms with Gasteiger partial charge in [0.25, 0.3) is 5.91 Å². The number of esters is 1. The Kier molecular flexibility index (Phi) is 4.11. The summed E-state index contributed by atoms with van der Waals surface area (Å²) < 4.78 is 4.61. The summed E-state index contributed by atoms with van der Waals surface area (Å²) in [7, 11) is 0. The molecule has 126 valence electrons. The minimum absolute atomic E-state index is 0.426. The van der Waals surface area contributed by atoms with Crippen molar-refractivity contribution in [2.45, 2.75) is 12.5 Å². The summed E-state index contributed by atoms with van der Waals surface area (Å²) in [6.07, 6.45) is 0. The molecule has 3 amide bonds. The molecule has 1 N–H and O–H groups in total. The first-order valence-corrected chi connectivity index (χ1v) is 7.61. The van der Waals surface area contributed by atoms with E-state index in [2.05, 4.69) is 10.1 Å². The van der Waals surface area contributed by atoms with Crippen LogP contribution in [0.2, 0.25) is 0 Å². The van der Waals surface area contributed by atoms with Crippen LogP contribution in [0.5, 0.6) is 0 Å². The number of fused-ring (bicyclic) bond motifs is 1. The van der Waals surface area contributed by atoms with E-state index in [1.54, 1.807) is 19.1 Å². The van der Waals surface area contributed by atoms with Gasteiger partial charge in [-0.3, -0.25) is 14.5 Å². The predicted molar refractivity (Wildman–Crippen MR) is 88.1 cm³/mol. The first kappa shape index (κ1) is 16.5. The Balaban J connectivity index is 1.88. The van der Waals surface area contributed by atoms with E-state index in [1.807, 2.05) is 36.4 Å². The number of ether oxygens (including phenoxy) is 1. The van der Waals surface area contributed by atoms with Gasteiger partial charge in [-0.2, -0.15) is 5.26 Å². The Morgan fingerprint density at radius 2 is 1.96 bits per heavy atom. The molecule has 1 heterocycles. The first-order valence-electron chi connectivity index (χ1n) is 7.61. The van der Waals surface area contributed by atoms with Crippen molar-refractivity contribution >= 4 is 28.7 Å². The van der Waals surface area contributed by atoms with Crippen LogP contribution in [0.25, 0.3) is 10.8 Å². The highest BCUT2D eigenvalue weighted by Gasteiger charge is 2.49. The van der Waals surface area contributed by atoms with Crippen molar-refractivity contribution in [3.05, 3.63) is 48.0 Å². The summed E-state index contributed by atoms with van der Waals surface area (Å²) in [5, 5.41) is 13.0. The molecule has 1 aliphatic heterocycles. The molecule has 1 aliphatic rings. The number of nitriles is 1. The van der Waals surface area contributed by atoms with Crippen molar-refractivity contribution in [3.8, 4) is 6.07 Å². The maximum Gasteiger partial charge on any atom is 0.327 e. The van der Waals surface area contributed by atoms with E-state index in [0.29, 0.717) is 5.56 Å². The van der Waals surface area contributed by atoms with Crippen LogP contribution in [0.3, 0.4) is 0 Å². The molecule has 25 heavy (non-hydrogen) atoms. The Morgan fingerprint density at radius 3 is 2.68 bits per heavy atom. The van der Waals surface area contributed by atoms with Crippen LogP contribution in [0, 0.1) is 11.3 Å². The van der Waals surface area contributed by atoms with Crippen LogP contribution in [0.15, 0.2) is 42.5 Å². The summed E-state index contributed by atoms with van der Waals surface area (Å²) in [5.74, 6) is -1.35. The lowest BCUT2D eigenvalue weighted by Gasteiger charge is -2.22. The van der Waals surface area contributed by atoms with Crippen molar-refractivity contribution < 1.29 is 19.1 Å². The second-order valence-electron chi connectivity index (χ2n) is 5.83. The number of hydrogen-bond donors (Lipinski definition) is 1. The summed E-state index contributed by atoms with van der Waals surface area (Å²) in [6, 6.07) is 14.2. The highest BCUT2D eigenvalue weighted by atomic mass is 16.5. The van der Waals surface area contributed by atoms with Gasteiger partial charge in [0.1, 0.15) is 18.2 Å². The lowest BCUT2D eigenvalue weighted by molar-refractivity contribution is -0.146. The van der Waals surface area contributed by atoms with Gasteiger partial charge < -0.3 is 10.1 Å². The van der Waals surface area contributed by atoms with E-state index in [4.69, 9.17) is 5.26 Å². The van der Waals surface area contributed by atoms with Crippen molar-refractivity contribution in [1.29, 1.82) is 5.26 Å². The molecule has 0 radical (unpaired) electrons. The van der Waals surface area contributed by atoms with Gasteiger partial charge >= 0.3 is 12.0 Å². The molecule has 1 fully saturated rings. The van der Waals surface area contributed by atoms with E-state index in [1.165, 1.54) is 0 Å². The quantitative estimate of drug-likeness (QED) is 0.676. The van der Waals surface area contributed by atoms with Gasteiger partial charge in [0.15, 0.2) is 6.61 Å². The van der Waals surface area contributed by atoms with Crippen LogP contribution < -0.4 is 5.32 Å². The Bertz CT molecular complexity index is 918. The average molecular weight is 337 g/mol. The third-order valence-electron chi connectivity index (χ3n) is 4.19. The highest BCUT2D eigenvalue weighted by Crippen LogP contribution is 2.30. The molecule has 0 bridgehead atoms. The number of nitrogens with zero attached hydrogens (tertiary/aromatic N) is 2. The Hall–Kier alpha value is -3.40. The van der Waals surface area contributed by atoms with Crippen LogP contribution in [-0.4, -0.2) is 36.0 Å². The van der Waals surface area contributed by atoms with E-state index in [0.717, 1.165) is 15.7 Å². The SMILES string of the molecule is C[C@@]1(c2ccc3ccccc3c2)NC(=O)N(CC(=O)OCC#N)C1=O. The van der Waals surface area contributed by atoms with Gasteiger partial charge in [-0.1, -0.05) is 36.4 Å². The number of carbonyl (C=O) groups excluding carboxylic acids is 3. The smallest absolute Gasteiger partial charge is 0.327 e. The maximum absolute atomic E-state index is 12.8. The summed E-state index contributed by atoms with van der Waals surface area (Å²) in [5.41, 5.74) is -0.645. The van der Waals surface area contributed by atoms with E-state index >= 15 is 0 Å². The lowest BCUT2D eigenvalue weighted by atomic mass is 9.90. The minimum atomic E-state index is -1.27. The van der Waals surface area contributed by atoms with Crippen molar-refractivity contribution in [2.24, 2.45) is 0 Å². The second kappa shape index (κ2) is 6.24. The lowest BCUT2D eigenvalue weighted by Crippen LogP contribution is -2.41. The molecule has 2 aromatic carbocycles. The first-order chi connectivity index (χ1) is 12.0. The molecule has 0 aromatic heterocycles. The fourth-order valence-corrected chi connectivity index (χ4v) is 2.82. The molecular weight excluding hydrogens is 322 g/mol. The van der Waals surface area contributed by atoms with Gasteiger partial charge in [0.2, 0.25) is 0 Å². The fourth-order valence-electron chi connectivity index (χ4n) is 2.82. The van der Waals surface area contributed by atoms with Crippen LogP contribution in [-0.2, 0) is 19.9 Å². The van der Waals surface area contributed by atoms with Gasteiger partial charge in [-0.15, -0.1) is 0 Å². The zero-order valence-electron chi connectivity index (χ0n) is 13.5. The third kappa shape index (κ3) is 2.90. The molecule has 1 atom stereocenters. The van der Waals surface area contributed by atoms with Gasteiger partial charge in [-0.25, -0.2) is 4.79 Å². The minimum Gasteiger partial charge on any atom is -0.449 e. The number of benzene rings is 2. The molecule has 7 heteroatoms. The van der Waals surface area contributed by atoms with Crippen LogP contribution in [0.1, 0.15) is 12.5 Å². The van der Waals surface area contributed by atoms with E-state index in [9.17, 15) is 14.4 Å². The van der Waals surface area contributed by atoms with Crippen molar-refractivity contribution in [2.75, 3.05) is 13.2 Å². The summed E-state index contributed by atoms with van der Waals surface area (Å²) in [4.78, 5) is 37.3. The largest absolute Gasteiger partial charge is 0.449 e. The van der Waals surface area contributed by atoms with Crippen molar-refractivity contribution in [3.63, 3.8) is 0 Å². The number of urea groups is 1. The molecule has 3 rings (SSSR count). The molecule has 1 saturated heterocycles. The number of hydrogen-bond acceptors (Lipinski definition) is 5. The zero-order chi connectivity index (χ0) is 18.0. The van der Waals surface area contributed by atoms with Gasteiger partial charge in [-0.05, 0) is 29.3 Å². The molecule has 0 aliphatic carbocycles. The molecule has 7 nitrogen and oxygen atoms in total. The topological polar surface area (TPSA) is 99.5 Å². The monoisotopic (exact) mass is 337 g/mol. The number of rotatable bonds is 4. The average Bonchev–Trinajstić information content (AvgIpc) is 2.83. The Labute approximate surface area is 143 Å². The third-order valence-corrected chi connectivity index (χ3v) is 4.19. The summed E-state index contributed by atoms with van der Waals surface area (Å²) >= 11 is 0. The van der Waals surface area contributed by atoms with Crippen LogP contribution >= 0.6 is 0 Å². The number of imide groups is 1. The zero-order valence-corrected chi connectivity index (χ0v) is 13.5. The Morgan fingerprint density at radius 1 is 1.24 bits per heavy atom. The predicted octanol–water partition coefficient (Wildman–Crippen LogP) is 1.67.